The molecule has 0 bridgehead atoms. The van der Waals surface area contributed by atoms with E-state index in [9.17, 15) is 14.7 Å². The van der Waals surface area contributed by atoms with Gasteiger partial charge < -0.3 is 19.5 Å². The minimum absolute atomic E-state index is 0.0725. The molecule has 1 unspecified atom stereocenters. The van der Waals surface area contributed by atoms with Crippen LogP contribution in [0.4, 0.5) is 0 Å². The zero-order chi connectivity index (χ0) is 24.8. The van der Waals surface area contributed by atoms with Gasteiger partial charge in [-0.2, -0.15) is 0 Å². The molecule has 1 fully saturated rings. The molecule has 7 nitrogen and oxygen atoms in total. The number of amides is 1. The summed E-state index contributed by atoms with van der Waals surface area (Å²) in [6, 6.07) is 15.0. The topological polar surface area (TPSA) is 79.3 Å². The molecule has 0 aromatic heterocycles. The van der Waals surface area contributed by atoms with Crippen LogP contribution >= 0.6 is 0 Å². The zero-order valence-corrected chi connectivity index (χ0v) is 20.7. The number of likely N-dealkylation sites (tertiary alicyclic amines) is 1. The lowest BCUT2D eigenvalue weighted by Gasteiger charge is -2.30. The van der Waals surface area contributed by atoms with Gasteiger partial charge in [-0.3, -0.25) is 14.5 Å². The van der Waals surface area contributed by atoms with E-state index < -0.39 is 17.9 Å². The van der Waals surface area contributed by atoms with Crippen LogP contribution in [-0.2, 0) is 9.59 Å². The number of rotatable bonds is 11. The molecule has 3 atom stereocenters. The molecule has 0 spiro atoms. The molecular weight excluding hydrogens is 444 g/mol. The van der Waals surface area contributed by atoms with Crippen molar-refractivity contribution in [2.24, 2.45) is 5.92 Å². The average Bonchev–Trinajstić information content (AvgIpc) is 3.49. The Hall–Kier alpha value is -3.06. The number of unbranched alkanes of at least 4 members (excludes halogenated alkanes) is 2. The Balaban J connectivity index is 1.65. The summed E-state index contributed by atoms with van der Waals surface area (Å²) in [6.45, 7) is 6.60. The first-order valence-electron chi connectivity index (χ1n) is 12.7. The summed E-state index contributed by atoms with van der Waals surface area (Å²) in [7, 11) is 0. The van der Waals surface area contributed by atoms with Crippen LogP contribution in [-0.4, -0.2) is 59.8 Å². The number of benzene rings is 2. The first-order chi connectivity index (χ1) is 17.0. The van der Waals surface area contributed by atoms with Crippen molar-refractivity contribution in [2.75, 3.05) is 33.0 Å². The Labute approximate surface area is 207 Å². The van der Waals surface area contributed by atoms with Crippen LogP contribution in [0.15, 0.2) is 48.5 Å². The molecule has 2 heterocycles. The standard InChI is InChI=1S/C28H36N2O5/c1-3-5-14-29(15-6-4-2)25(31)18-30-17-22(21-12-13-23-24(16-21)35-19-34-23)26(28(32)33)27(30)20-10-8-7-9-11-20/h7-13,16,22,26-27H,3-6,14-15,17-19H2,1-2H3,(H,32,33)/t22?,26-,27+/m0/s1. The number of carbonyl (C=O) groups is 2. The van der Waals surface area contributed by atoms with Gasteiger partial charge in [-0.25, -0.2) is 0 Å². The maximum atomic E-state index is 13.5. The number of hydrogen-bond acceptors (Lipinski definition) is 5. The second-order valence-corrected chi connectivity index (χ2v) is 9.46. The van der Waals surface area contributed by atoms with Crippen molar-refractivity contribution in [2.45, 2.75) is 51.5 Å². The Bertz CT molecular complexity index is 1000. The van der Waals surface area contributed by atoms with Crippen molar-refractivity contribution < 1.29 is 24.2 Å². The Morgan fingerprint density at radius 1 is 0.971 bits per heavy atom. The Morgan fingerprint density at radius 3 is 2.31 bits per heavy atom. The minimum Gasteiger partial charge on any atom is -0.481 e. The van der Waals surface area contributed by atoms with Gasteiger partial charge in [0.05, 0.1) is 12.5 Å². The van der Waals surface area contributed by atoms with Gasteiger partial charge in [0.1, 0.15) is 0 Å². The van der Waals surface area contributed by atoms with E-state index in [0.717, 1.165) is 49.9 Å². The zero-order valence-electron chi connectivity index (χ0n) is 20.7. The van der Waals surface area contributed by atoms with Gasteiger partial charge in [0.2, 0.25) is 12.7 Å². The van der Waals surface area contributed by atoms with Crippen molar-refractivity contribution in [3.63, 3.8) is 0 Å². The maximum Gasteiger partial charge on any atom is 0.309 e. The molecule has 35 heavy (non-hydrogen) atoms. The van der Waals surface area contributed by atoms with Crippen LogP contribution in [0, 0.1) is 5.92 Å². The normalized spacial score (nSPS) is 21.3. The van der Waals surface area contributed by atoms with Crippen molar-refractivity contribution in [1.29, 1.82) is 0 Å². The fourth-order valence-corrected chi connectivity index (χ4v) is 5.25. The third kappa shape index (κ3) is 5.61. The molecule has 7 heteroatoms. The van der Waals surface area contributed by atoms with Gasteiger partial charge in [-0.1, -0.05) is 63.1 Å². The van der Waals surface area contributed by atoms with E-state index in [1.807, 2.05) is 53.4 Å². The average molecular weight is 481 g/mol. The monoisotopic (exact) mass is 480 g/mol. The highest BCUT2D eigenvalue weighted by Gasteiger charge is 2.48. The molecule has 2 aromatic rings. The van der Waals surface area contributed by atoms with E-state index in [4.69, 9.17) is 9.47 Å². The van der Waals surface area contributed by atoms with Gasteiger partial charge in [0.15, 0.2) is 11.5 Å². The third-order valence-corrected chi connectivity index (χ3v) is 7.10. The fraction of sp³-hybridized carbons (Fsp3) is 0.500. The smallest absolute Gasteiger partial charge is 0.309 e. The van der Waals surface area contributed by atoms with Crippen molar-refractivity contribution in [1.82, 2.24) is 9.80 Å². The highest BCUT2D eigenvalue weighted by atomic mass is 16.7. The van der Waals surface area contributed by atoms with Crippen molar-refractivity contribution in [3.05, 3.63) is 59.7 Å². The summed E-state index contributed by atoms with van der Waals surface area (Å²) in [4.78, 5) is 30.2. The molecule has 2 aromatic carbocycles. The summed E-state index contributed by atoms with van der Waals surface area (Å²) in [5.74, 6) is -0.436. The highest BCUT2D eigenvalue weighted by molar-refractivity contribution is 5.79. The first-order valence-corrected chi connectivity index (χ1v) is 12.7. The Morgan fingerprint density at radius 2 is 1.66 bits per heavy atom. The van der Waals surface area contributed by atoms with E-state index in [2.05, 4.69) is 18.7 Å². The second-order valence-electron chi connectivity index (χ2n) is 9.46. The fourth-order valence-electron chi connectivity index (χ4n) is 5.25. The number of carbonyl (C=O) groups excluding carboxylic acids is 1. The maximum absolute atomic E-state index is 13.5. The summed E-state index contributed by atoms with van der Waals surface area (Å²) in [5, 5.41) is 10.4. The van der Waals surface area contributed by atoms with Gasteiger partial charge in [-0.05, 0) is 36.1 Å². The van der Waals surface area contributed by atoms with Crippen molar-refractivity contribution in [3.8, 4) is 11.5 Å². The lowest BCUT2D eigenvalue weighted by molar-refractivity contribution is -0.144. The van der Waals surface area contributed by atoms with E-state index in [1.54, 1.807) is 0 Å². The lowest BCUT2D eigenvalue weighted by atomic mass is 9.83. The predicted molar refractivity (Wildman–Crippen MR) is 134 cm³/mol. The molecule has 2 aliphatic heterocycles. The number of fused-ring (bicyclic) bond motifs is 1. The van der Waals surface area contributed by atoms with E-state index in [-0.39, 0.29) is 25.2 Å². The SMILES string of the molecule is CCCCN(CCCC)C(=O)CN1CC(c2ccc3c(c2)OCO3)[C@H](C(=O)O)[C@H]1c1ccccc1. The van der Waals surface area contributed by atoms with Gasteiger partial charge >= 0.3 is 5.97 Å². The molecule has 0 aliphatic carbocycles. The van der Waals surface area contributed by atoms with Crippen LogP contribution in [0.25, 0.3) is 0 Å². The molecular formula is C28H36N2O5. The molecule has 0 saturated carbocycles. The minimum atomic E-state index is -0.856. The highest BCUT2D eigenvalue weighted by Crippen LogP contribution is 2.47. The van der Waals surface area contributed by atoms with Gasteiger partial charge in [-0.15, -0.1) is 0 Å². The largest absolute Gasteiger partial charge is 0.481 e. The van der Waals surface area contributed by atoms with Crippen molar-refractivity contribution >= 4 is 11.9 Å². The molecule has 1 N–H and O–H groups in total. The second kappa shape index (κ2) is 11.6. The van der Waals surface area contributed by atoms with E-state index in [0.29, 0.717) is 18.0 Å². The third-order valence-electron chi connectivity index (χ3n) is 7.10. The van der Waals surface area contributed by atoms with Crippen LogP contribution in [0.3, 0.4) is 0 Å². The molecule has 188 valence electrons. The molecule has 1 saturated heterocycles. The van der Waals surface area contributed by atoms with Crippen LogP contribution in [0.1, 0.15) is 62.6 Å². The predicted octanol–water partition coefficient (Wildman–Crippen LogP) is 4.69. The number of ether oxygens (including phenoxy) is 2. The number of carboxylic acids is 1. The molecule has 4 rings (SSSR count). The summed E-state index contributed by atoms with van der Waals surface area (Å²) < 4.78 is 11.0. The first kappa shape index (κ1) is 25.0. The van der Waals surface area contributed by atoms with Crippen LogP contribution in [0.5, 0.6) is 11.5 Å². The number of nitrogens with zero attached hydrogens (tertiary/aromatic N) is 2. The quantitative estimate of drug-likeness (QED) is 0.503. The number of carboxylic acid groups (broad SMARTS) is 1. The molecule has 2 aliphatic rings. The van der Waals surface area contributed by atoms with E-state index >= 15 is 0 Å². The number of hydrogen-bond donors (Lipinski definition) is 1. The van der Waals surface area contributed by atoms with Gasteiger partial charge in [0, 0.05) is 31.6 Å². The van der Waals surface area contributed by atoms with Gasteiger partial charge in [0.25, 0.3) is 0 Å². The summed E-state index contributed by atoms with van der Waals surface area (Å²) in [5.41, 5.74) is 1.82. The number of aliphatic carboxylic acids is 1. The summed E-state index contributed by atoms with van der Waals surface area (Å²) in [6.07, 6.45) is 3.99. The molecule has 1 amide bonds. The lowest BCUT2D eigenvalue weighted by Crippen LogP contribution is -2.42. The summed E-state index contributed by atoms with van der Waals surface area (Å²) >= 11 is 0. The van der Waals surface area contributed by atoms with E-state index in [1.165, 1.54) is 0 Å². The van der Waals surface area contributed by atoms with Crippen LogP contribution < -0.4 is 9.47 Å². The Kier molecular flexibility index (Phi) is 8.29. The van der Waals surface area contributed by atoms with Crippen LogP contribution in [0.2, 0.25) is 0 Å². The molecule has 0 radical (unpaired) electrons.